The van der Waals surface area contributed by atoms with Crippen LogP contribution in [0.1, 0.15) is 12.8 Å². The van der Waals surface area contributed by atoms with Gasteiger partial charge in [0.15, 0.2) is 0 Å². The van der Waals surface area contributed by atoms with E-state index in [1.807, 2.05) is 24.3 Å². The summed E-state index contributed by atoms with van der Waals surface area (Å²) in [5, 5.41) is 3.12. The SMILES string of the molecule is NC(=O)C1(Nc2c[c]ccc2)CC1. The molecule has 0 unspecified atom stereocenters. The third-order valence-electron chi connectivity index (χ3n) is 2.31. The van der Waals surface area contributed by atoms with Crippen molar-refractivity contribution in [1.82, 2.24) is 0 Å². The predicted octanol–water partition coefficient (Wildman–Crippen LogP) is 0.917. The summed E-state index contributed by atoms with van der Waals surface area (Å²) in [6.45, 7) is 0. The number of carbonyl (C=O) groups excluding carboxylic acids is 1. The molecular formula is C10H11N2O. The highest BCUT2D eigenvalue weighted by Crippen LogP contribution is 2.38. The molecule has 1 aromatic carbocycles. The number of primary amides is 1. The van der Waals surface area contributed by atoms with Crippen molar-refractivity contribution in [3.05, 3.63) is 30.3 Å². The first kappa shape index (κ1) is 8.10. The second-order valence-electron chi connectivity index (χ2n) is 3.36. The maximum atomic E-state index is 11.0. The van der Waals surface area contributed by atoms with Gasteiger partial charge >= 0.3 is 0 Å². The van der Waals surface area contributed by atoms with Gasteiger partial charge in [0.25, 0.3) is 0 Å². The van der Waals surface area contributed by atoms with Crippen molar-refractivity contribution >= 4 is 11.6 Å². The quantitative estimate of drug-likeness (QED) is 0.717. The van der Waals surface area contributed by atoms with Gasteiger partial charge in [-0.15, -0.1) is 0 Å². The van der Waals surface area contributed by atoms with E-state index in [1.54, 1.807) is 0 Å². The Bertz CT molecular complexity index is 317. The summed E-state index contributed by atoms with van der Waals surface area (Å²) >= 11 is 0. The van der Waals surface area contributed by atoms with Crippen LogP contribution in [0.3, 0.4) is 0 Å². The van der Waals surface area contributed by atoms with Crippen molar-refractivity contribution in [2.24, 2.45) is 5.73 Å². The molecule has 1 aliphatic rings. The highest BCUT2D eigenvalue weighted by Gasteiger charge is 2.48. The molecule has 1 amide bonds. The van der Waals surface area contributed by atoms with Crippen molar-refractivity contribution in [2.45, 2.75) is 18.4 Å². The van der Waals surface area contributed by atoms with Gasteiger partial charge in [0.1, 0.15) is 5.54 Å². The molecule has 3 nitrogen and oxygen atoms in total. The molecule has 1 fully saturated rings. The third-order valence-corrected chi connectivity index (χ3v) is 2.31. The molecule has 0 bridgehead atoms. The summed E-state index contributed by atoms with van der Waals surface area (Å²) in [5.74, 6) is -0.267. The van der Waals surface area contributed by atoms with Crippen LogP contribution in [0.4, 0.5) is 5.69 Å². The van der Waals surface area contributed by atoms with Crippen molar-refractivity contribution < 1.29 is 4.79 Å². The van der Waals surface area contributed by atoms with Crippen molar-refractivity contribution in [1.29, 1.82) is 0 Å². The highest BCUT2D eigenvalue weighted by atomic mass is 16.1. The van der Waals surface area contributed by atoms with Crippen LogP contribution in [0.15, 0.2) is 24.3 Å². The summed E-state index contributed by atoms with van der Waals surface area (Å²) in [6, 6.07) is 10.3. The van der Waals surface area contributed by atoms with Crippen LogP contribution in [0.25, 0.3) is 0 Å². The Morgan fingerprint density at radius 2 is 2.38 bits per heavy atom. The van der Waals surface area contributed by atoms with E-state index in [0.29, 0.717) is 0 Å². The standard InChI is InChI=1S/C10H11N2O/c11-9(13)10(6-7-10)12-8-4-2-1-3-5-8/h1-2,4-5,12H,6-7H2,(H2,11,13). The van der Waals surface area contributed by atoms with Crippen molar-refractivity contribution in [3.63, 3.8) is 0 Å². The zero-order chi connectivity index (χ0) is 9.31. The number of hydrogen-bond acceptors (Lipinski definition) is 2. The molecule has 0 spiro atoms. The highest BCUT2D eigenvalue weighted by molar-refractivity contribution is 5.91. The van der Waals surface area contributed by atoms with Gasteiger partial charge in [-0.05, 0) is 31.0 Å². The van der Waals surface area contributed by atoms with Gasteiger partial charge in [0, 0.05) is 5.69 Å². The van der Waals surface area contributed by atoms with Gasteiger partial charge < -0.3 is 11.1 Å². The van der Waals surface area contributed by atoms with E-state index in [1.165, 1.54) is 0 Å². The average Bonchev–Trinajstić information content (AvgIpc) is 2.87. The Kier molecular flexibility index (Phi) is 1.72. The van der Waals surface area contributed by atoms with Crippen LogP contribution >= 0.6 is 0 Å². The third kappa shape index (κ3) is 1.49. The predicted molar refractivity (Wildman–Crippen MR) is 50.1 cm³/mol. The molecule has 3 heteroatoms. The molecule has 1 radical (unpaired) electrons. The first-order valence-corrected chi connectivity index (χ1v) is 4.27. The molecule has 0 atom stereocenters. The number of nitrogens with two attached hydrogens (primary N) is 1. The van der Waals surface area contributed by atoms with Crippen LogP contribution in [0.5, 0.6) is 0 Å². The molecule has 1 saturated carbocycles. The number of hydrogen-bond donors (Lipinski definition) is 2. The van der Waals surface area contributed by atoms with E-state index in [-0.39, 0.29) is 5.91 Å². The zero-order valence-electron chi connectivity index (χ0n) is 7.21. The van der Waals surface area contributed by atoms with Crippen LogP contribution < -0.4 is 11.1 Å². The maximum Gasteiger partial charge on any atom is 0.243 e. The van der Waals surface area contributed by atoms with Crippen LogP contribution in [0, 0.1) is 6.07 Å². The van der Waals surface area contributed by atoms with Crippen LogP contribution in [-0.4, -0.2) is 11.4 Å². The Hall–Kier alpha value is -1.51. The van der Waals surface area contributed by atoms with Crippen LogP contribution in [-0.2, 0) is 4.79 Å². The molecule has 67 valence electrons. The van der Waals surface area contributed by atoms with Gasteiger partial charge in [-0.1, -0.05) is 12.1 Å². The molecule has 0 heterocycles. The first-order chi connectivity index (χ1) is 6.23. The molecule has 13 heavy (non-hydrogen) atoms. The molecule has 3 N–H and O–H groups in total. The summed E-state index contributed by atoms with van der Waals surface area (Å²) in [4.78, 5) is 11.0. The number of nitrogens with one attached hydrogen (secondary N) is 1. The monoisotopic (exact) mass is 175 g/mol. The fourth-order valence-electron chi connectivity index (χ4n) is 1.31. The van der Waals surface area contributed by atoms with E-state index in [2.05, 4.69) is 11.4 Å². The second kappa shape index (κ2) is 2.76. The van der Waals surface area contributed by atoms with Gasteiger partial charge in [-0.2, -0.15) is 0 Å². The Morgan fingerprint density at radius 1 is 1.62 bits per heavy atom. The largest absolute Gasteiger partial charge is 0.371 e. The first-order valence-electron chi connectivity index (χ1n) is 4.27. The maximum absolute atomic E-state index is 11.0. The molecular weight excluding hydrogens is 164 g/mol. The summed E-state index contributed by atoms with van der Waals surface area (Å²) in [6.07, 6.45) is 1.66. The van der Waals surface area contributed by atoms with E-state index < -0.39 is 5.54 Å². The molecule has 0 aromatic heterocycles. The number of carbonyl (C=O) groups is 1. The molecule has 1 aliphatic carbocycles. The minimum absolute atomic E-state index is 0.267. The van der Waals surface area contributed by atoms with E-state index in [0.717, 1.165) is 18.5 Å². The zero-order valence-corrected chi connectivity index (χ0v) is 7.21. The summed E-state index contributed by atoms with van der Waals surface area (Å²) in [5.41, 5.74) is 5.69. The lowest BCUT2D eigenvalue weighted by Crippen LogP contribution is -2.37. The Labute approximate surface area is 76.9 Å². The fraction of sp³-hybridized carbons (Fsp3) is 0.300. The van der Waals surface area contributed by atoms with Crippen molar-refractivity contribution in [2.75, 3.05) is 5.32 Å². The fourth-order valence-corrected chi connectivity index (χ4v) is 1.31. The van der Waals surface area contributed by atoms with E-state index >= 15 is 0 Å². The second-order valence-corrected chi connectivity index (χ2v) is 3.36. The summed E-state index contributed by atoms with van der Waals surface area (Å²) < 4.78 is 0. The molecule has 1 aromatic rings. The molecule has 2 rings (SSSR count). The van der Waals surface area contributed by atoms with Crippen LogP contribution in [0.2, 0.25) is 0 Å². The normalized spacial score (nSPS) is 17.8. The lowest BCUT2D eigenvalue weighted by molar-refractivity contribution is -0.119. The number of rotatable bonds is 3. The Balaban J connectivity index is 2.11. The average molecular weight is 175 g/mol. The topological polar surface area (TPSA) is 55.1 Å². The molecule has 0 aliphatic heterocycles. The Morgan fingerprint density at radius 3 is 2.85 bits per heavy atom. The van der Waals surface area contributed by atoms with E-state index in [4.69, 9.17) is 5.73 Å². The van der Waals surface area contributed by atoms with Gasteiger partial charge in [-0.25, -0.2) is 0 Å². The number of anilines is 1. The lowest BCUT2D eigenvalue weighted by atomic mass is 10.2. The molecule has 0 saturated heterocycles. The lowest BCUT2D eigenvalue weighted by Gasteiger charge is -2.14. The smallest absolute Gasteiger partial charge is 0.243 e. The number of benzene rings is 1. The minimum atomic E-state index is -0.477. The van der Waals surface area contributed by atoms with Gasteiger partial charge in [-0.3, -0.25) is 4.79 Å². The van der Waals surface area contributed by atoms with Gasteiger partial charge in [0.2, 0.25) is 5.91 Å². The minimum Gasteiger partial charge on any atom is -0.371 e. The van der Waals surface area contributed by atoms with Crippen molar-refractivity contribution in [3.8, 4) is 0 Å². The van der Waals surface area contributed by atoms with Gasteiger partial charge in [0.05, 0.1) is 0 Å². The summed E-state index contributed by atoms with van der Waals surface area (Å²) in [7, 11) is 0. The number of amides is 1. The van der Waals surface area contributed by atoms with E-state index in [9.17, 15) is 4.79 Å².